The standard InChI is InChI=1S/C22H16ClN3O3/c23-18-7-2-6-17(15-18)22(27)25-20-11-9-19(10-12-20)24-13-3-5-16-4-1-8-21(14-16)26(28)29/h1-15H,(H,25,27). The SMILES string of the molecule is O=C(Nc1ccc(N=CC=Cc2cccc([N+](=O)[O-])c2)cc1)c1cccc(Cl)c1. The number of amides is 1. The van der Waals surface area contributed by atoms with Gasteiger partial charge in [0, 0.05) is 34.6 Å². The summed E-state index contributed by atoms with van der Waals surface area (Å²) in [6, 6.07) is 20.1. The molecule has 3 aromatic rings. The van der Waals surface area contributed by atoms with Gasteiger partial charge in [-0.1, -0.05) is 35.9 Å². The lowest BCUT2D eigenvalue weighted by molar-refractivity contribution is -0.384. The van der Waals surface area contributed by atoms with Crippen molar-refractivity contribution in [2.75, 3.05) is 5.32 Å². The monoisotopic (exact) mass is 405 g/mol. The highest BCUT2D eigenvalue weighted by Gasteiger charge is 2.06. The normalized spacial score (nSPS) is 11.1. The first kappa shape index (κ1) is 20.0. The van der Waals surface area contributed by atoms with Gasteiger partial charge in [0.1, 0.15) is 0 Å². The van der Waals surface area contributed by atoms with Crippen molar-refractivity contribution in [3.63, 3.8) is 0 Å². The maximum absolute atomic E-state index is 12.2. The van der Waals surface area contributed by atoms with Gasteiger partial charge in [-0.05, 0) is 54.1 Å². The van der Waals surface area contributed by atoms with E-state index in [1.54, 1.807) is 79.0 Å². The van der Waals surface area contributed by atoms with Crippen LogP contribution in [0.1, 0.15) is 15.9 Å². The second-order valence-corrected chi connectivity index (χ2v) is 6.44. The Hall–Kier alpha value is -3.77. The fourth-order valence-corrected chi connectivity index (χ4v) is 2.68. The van der Waals surface area contributed by atoms with Crippen LogP contribution >= 0.6 is 11.6 Å². The summed E-state index contributed by atoms with van der Waals surface area (Å²) in [6.45, 7) is 0. The molecule has 0 aliphatic heterocycles. The second kappa shape index (κ2) is 9.43. The van der Waals surface area contributed by atoms with Crippen molar-refractivity contribution < 1.29 is 9.72 Å². The summed E-state index contributed by atoms with van der Waals surface area (Å²) in [5.41, 5.74) is 2.57. The third-order valence-corrected chi connectivity index (χ3v) is 4.13. The van der Waals surface area contributed by atoms with Gasteiger partial charge in [0.15, 0.2) is 0 Å². The summed E-state index contributed by atoms with van der Waals surface area (Å²) in [6.07, 6.45) is 5.03. The number of non-ortho nitro benzene ring substituents is 1. The largest absolute Gasteiger partial charge is 0.322 e. The van der Waals surface area contributed by atoms with Crippen molar-refractivity contribution in [1.82, 2.24) is 0 Å². The number of aliphatic imine (C=N–C) groups is 1. The molecule has 0 unspecified atom stereocenters. The Morgan fingerprint density at radius 3 is 2.52 bits per heavy atom. The Morgan fingerprint density at radius 2 is 1.79 bits per heavy atom. The topological polar surface area (TPSA) is 84.6 Å². The molecule has 6 nitrogen and oxygen atoms in total. The third-order valence-electron chi connectivity index (χ3n) is 3.89. The highest BCUT2D eigenvalue weighted by atomic mass is 35.5. The van der Waals surface area contributed by atoms with E-state index < -0.39 is 4.92 Å². The van der Waals surface area contributed by atoms with Crippen molar-refractivity contribution in [2.45, 2.75) is 0 Å². The van der Waals surface area contributed by atoms with Crippen LogP contribution in [0.4, 0.5) is 17.1 Å². The van der Waals surface area contributed by atoms with E-state index in [0.717, 1.165) is 0 Å². The van der Waals surface area contributed by atoms with E-state index in [0.29, 0.717) is 27.5 Å². The molecule has 7 heteroatoms. The van der Waals surface area contributed by atoms with Crippen LogP contribution in [-0.2, 0) is 0 Å². The zero-order valence-corrected chi connectivity index (χ0v) is 15.9. The minimum atomic E-state index is -0.432. The van der Waals surface area contributed by atoms with Gasteiger partial charge in [-0.25, -0.2) is 0 Å². The molecule has 0 aromatic heterocycles. The van der Waals surface area contributed by atoms with Crippen molar-refractivity contribution in [3.8, 4) is 0 Å². The van der Waals surface area contributed by atoms with Gasteiger partial charge in [0.25, 0.3) is 11.6 Å². The molecular formula is C22H16ClN3O3. The van der Waals surface area contributed by atoms with Crippen molar-refractivity contribution >= 4 is 46.9 Å². The Morgan fingerprint density at radius 1 is 1.03 bits per heavy atom. The minimum absolute atomic E-state index is 0.0412. The van der Waals surface area contributed by atoms with Crippen LogP contribution in [0.5, 0.6) is 0 Å². The Kier molecular flexibility index (Phi) is 6.50. The number of allylic oxidation sites excluding steroid dienone is 1. The Balaban J connectivity index is 1.59. The number of hydrogen-bond donors (Lipinski definition) is 1. The maximum Gasteiger partial charge on any atom is 0.270 e. The van der Waals surface area contributed by atoms with Crippen LogP contribution in [0.2, 0.25) is 5.02 Å². The molecule has 0 heterocycles. The van der Waals surface area contributed by atoms with Gasteiger partial charge in [-0.15, -0.1) is 0 Å². The molecule has 0 bridgehead atoms. The number of nitro groups is 1. The number of rotatable bonds is 6. The summed E-state index contributed by atoms with van der Waals surface area (Å²) in [5.74, 6) is -0.247. The number of benzene rings is 3. The average molecular weight is 406 g/mol. The molecular weight excluding hydrogens is 390 g/mol. The molecule has 0 fully saturated rings. The fraction of sp³-hybridized carbons (Fsp3) is 0. The van der Waals surface area contributed by atoms with Crippen molar-refractivity contribution in [3.05, 3.63) is 105 Å². The lowest BCUT2D eigenvalue weighted by atomic mass is 10.2. The number of nitrogens with zero attached hydrogens (tertiary/aromatic N) is 2. The molecule has 0 radical (unpaired) electrons. The smallest absolute Gasteiger partial charge is 0.270 e. The number of hydrogen-bond acceptors (Lipinski definition) is 4. The Bertz CT molecular complexity index is 1090. The van der Waals surface area contributed by atoms with Crippen LogP contribution in [0.25, 0.3) is 6.08 Å². The number of nitro benzene ring substituents is 1. The number of nitrogens with one attached hydrogen (secondary N) is 1. The highest BCUT2D eigenvalue weighted by molar-refractivity contribution is 6.31. The summed E-state index contributed by atoms with van der Waals surface area (Å²) < 4.78 is 0. The van der Waals surface area contributed by atoms with Gasteiger partial charge >= 0.3 is 0 Å². The average Bonchev–Trinajstić information content (AvgIpc) is 2.72. The number of halogens is 1. The molecule has 0 saturated carbocycles. The third kappa shape index (κ3) is 5.85. The van der Waals surface area contributed by atoms with Gasteiger partial charge in [0.05, 0.1) is 10.6 Å². The molecule has 29 heavy (non-hydrogen) atoms. The zero-order chi connectivity index (χ0) is 20.6. The fourth-order valence-electron chi connectivity index (χ4n) is 2.49. The molecule has 144 valence electrons. The van der Waals surface area contributed by atoms with E-state index in [4.69, 9.17) is 11.6 Å². The number of carbonyl (C=O) groups excluding carboxylic acids is 1. The first-order valence-electron chi connectivity index (χ1n) is 8.63. The van der Waals surface area contributed by atoms with Crippen LogP contribution in [-0.4, -0.2) is 17.0 Å². The first-order chi connectivity index (χ1) is 14.0. The highest BCUT2D eigenvalue weighted by Crippen LogP contribution is 2.18. The molecule has 0 aliphatic carbocycles. The van der Waals surface area contributed by atoms with Crippen LogP contribution in [0.3, 0.4) is 0 Å². The second-order valence-electron chi connectivity index (χ2n) is 6.00. The van der Waals surface area contributed by atoms with E-state index in [1.807, 2.05) is 0 Å². The van der Waals surface area contributed by atoms with E-state index in [2.05, 4.69) is 10.3 Å². The zero-order valence-electron chi connectivity index (χ0n) is 15.2. The summed E-state index contributed by atoms with van der Waals surface area (Å²) >= 11 is 5.90. The van der Waals surface area contributed by atoms with E-state index in [1.165, 1.54) is 12.1 Å². The van der Waals surface area contributed by atoms with Crippen LogP contribution in [0, 0.1) is 10.1 Å². The molecule has 1 N–H and O–H groups in total. The van der Waals surface area contributed by atoms with Gasteiger partial charge in [-0.3, -0.25) is 19.9 Å². The minimum Gasteiger partial charge on any atom is -0.322 e. The maximum atomic E-state index is 12.2. The summed E-state index contributed by atoms with van der Waals surface area (Å²) in [5, 5.41) is 14.1. The number of anilines is 1. The predicted molar refractivity (Wildman–Crippen MR) is 116 cm³/mol. The van der Waals surface area contributed by atoms with E-state index in [-0.39, 0.29) is 11.6 Å². The molecule has 0 atom stereocenters. The van der Waals surface area contributed by atoms with Gasteiger partial charge < -0.3 is 5.32 Å². The molecule has 0 aliphatic rings. The summed E-state index contributed by atoms with van der Waals surface area (Å²) in [4.78, 5) is 26.9. The lowest BCUT2D eigenvalue weighted by Crippen LogP contribution is -2.11. The first-order valence-corrected chi connectivity index (χ1v) is 9.01. The van der Waals surface area contributed by atoms with Crippen molar-refractivity contribution in [2.24, 2.45) is 4.99 Å². The van der Waals surface area contributed by atoms with Gasteiger partial charge in [0.2, 0.25) is 0 Å². The van der Waals surface area contributed by atoms with Crippen LogP contribution in [0.15, 0.2) is 83.9 Å². The number of carbonyl (C=O) groups is 1. The Labute approximate surface area is 172 Å². The quantitative estimate of drug-likeness (QED) is 0.314. The van der Waals surface area contributed by atoms with E-state index >= 15 is 0 Å². The van der Waals surface area contributed by atoms with Crippen LogP contribution < -0.4 is 5.32 Å². The van der Waals surface area contributed by atoms with Gasteiger partial charge in [-0.2, -0.15) is 0 Å². The summed E-state index contributed by atoms with van der Waals surface area (Å²) in [7, 11) is 0. The lowest BCUT2D eigenvalue weighted by Gasteiger charge is -2.05. The molecule has 3 aromatic carbocycles. The van der Waals surface area contributed by atoms with E-state index in [9.17, 15) is 14.9 Å². The molecule has 0 spiro atoms. The molecule has 0 saturated heterocycles. The van der Waals surface area contributed by atoms with Crippen molar-refractivity contribution in [1.29, 1.82) is 0 Å². The molecule has 3 rings (SSSR count). The predicted octanol–water partition coefficient (Wildman–Crippen LogP) is 5.92. The molecule has 1 amide bonds.